The first-order valence-corrected chi connectivity index (χ1v) is 6.27. The minimum Gasteiger partial charge on any atom is -0.314 e. The normalized spacial score (nSPS) is 14.1. The molecule has 0 aliphatic heterocycles. The van der Waals surface area contributed by atoms with Crippen molar-refractivity contribution < 1.29 is 0 Å². The molecule has 0 radical (unpaired) electrons. The van der Waals surface area contributed by atoms with Gasteiger partial charge in [-0.2, -0.15) is 5.10 Å². The van der Waals surface area contributed by atoms with Crippen molar-refractivity contribution in [2.24, 2.45) is 0 Å². The first-order valence-electron chi connectivity index (χ1n) is 6.27. The second kappa shape index (κ2) is 5.48. The van der Waals surface area contributed by atoms with Gasteiger partial charge in [-0.05, 0) is 32.9 Å². The third-order valence-electron chi connectivity index (χ3n) is 3.08. The monoisotopic (exact) mass is 223 g/mol. The van der Waals surface area contributed by atoms with Gasteiger partial charge in [-0.25, -0.2) is 0 Å². The molecule has 3 nitrogen and oxygen atoms in total. The van der Waals surface area contributed by atoms with E-state index in [1.807, 2.05) is 6.20 Å². The van der Waals surface area contributed by atoms with E-state index in [-0.39, 0.29) is 5.41 Å². The number of rotatable bonds is 6. The molecule has 0 aromatic carbocycles. The molecule has 1 unspecified atom stereocenters. The third-order valence-corrected chi connectivity index (χ3v) is 3.08. The molecule has 1 heterocycles. The Kier molecular flexibility index (Phi) is 4.54. The molecule has 1 rings (SSSR count). The van der Waals surface area contributed by atoms with Gasteiger partial charge in [-0.1, -0.05) is 20.8 Å². The molecule has 0 fully saturated rings. The van der Waals surface area contributed by atoms with Crippen molar-refractivity contribution in [2.45, 2.75) is 59.0 Å². The van der Waals surface area contributed by atoms with Crippen molar-refractivity contribution in [3.63, 3.8) is 0 Å². The summed E-state index contributed by atoms with van der Waals surface area (Å²) >= 11 is 0. The van der Waals surface area contributed by atoms with Crippen LogP contribution in [0, 0.1) is 0 Å². The molecule has 1 N–H and O–H groups in total. The lowest BCUT2D eigenvalue weighted by Crippen LogP contribution is -2.34. The van der Waals surface area contributed by atoms with Crippen molar-refractivity contribution in [1.82, 2.24) is 15.1 Å². The summed E-state index contributed by atoms with van der Waals surface area (Å²) in [5, 5.41) is 7.82. The van der Waals surface area contributed by atoms with Gasteiger partial charge >= 0.3 is 0 Å². The Morgan fingerprint density at radius 1 is 1.44 bits per heavy atom. The molecule has 0 aliphatic carbocycles. The van der Waals surface area contributed by atoms with Gasteiger partial charge in [0.2, 0.25) is 0 Å². The molecule has 0 amide bonds. The van der Waals surface area contributed by atoms with Crippen LogP contribution in [0.25, 0.3) is 0 Å². The zero-order valence-electron chi connectivity index (χ0n) is 11.2. The smallest absolute Gasteiger partial charge is 0.0492 e. The summed E-state index contributed by atoms with van der Waals surface area (Å²) in [6, 6.07) is 2.68. The molecule has 1 aromatic rings. The van der Waals surface area contributed by atoms with Gasteiger partial charge in [-0.15, -0.1) is 0 Å². The van der Waals surface area contributed by atoms with Gasteiger partial charge in [-0.3, -0.25) is 4.68 Å². The summed E-state index contributed by atoms with van der Waals surface area (Å²) in [6.45, 7) is 13.1. The molecular weight excluding hydrogens is 198 g/mol. The maximum atomic E-state index is 4.35. The van der Waals surface area contributed by atoms with E-state index in [1.54, 1.807) is 0 Å². The highest BCUT2D eigenvalue weighted by Crippen LogP contribution is 2.28. The molecule has 16 heavy (non-hydrogen) atoms. The molecule has 0 saturated heterocycles. The number of hydrogen-bond acceptors (Lipinski definition) is 2. The van der Waals surface area contributed by atoms with Crippen molar-refractivity contribution in [1.29, 1.82) is 0 Å². The highest BCUT2D eigenvalue weighted by Gasteiger charge is 2.26. The second-order valence-electron chi connectivity index (χ2n) is 5.08. The summed E-state index contributed by atoms with van der Waals surface area (Å²) in [6.07, 6.45) is 3.03. The number of nitrogens with one attached hydrogen (secondary N) is 1. The van der Waals surface area contributed by atoms with Crippen LogP contribution in [0.4, 0.5) is 0 Å². The number of aromatic nitrogens is 2. The summed E-state index contributed by atoms with van der Waals surface area (Å²) < 4.78 is 2.10. The average Bonchev–Trinajstić information content (AvgIpc) is 2.65. The van der Waals surface area contributed by atoms with E-state index in [9.17, 15) is 0 Å². The van der Waals surface area contributed by atoms with Crippen LogP contribution in [0.5, 0.6) is 0 Å². The van der Waals surface area contributed by atoms with Gasteiger partial charge in [0.05, 0.1) is 0 Å². The van der Waals surface area contributed by atoms with E-state index >= 15 is 0 Å². The minimum absolute atomic E-state index is 0.175. The van der Waals surface area contributed by atoms with Crippen molar-refractivity contribution in [3.8, 4) is 0 Å². The summed E-state index contributed by atoms with van der Waals surface area (Å²) in [4.78, 5) is 0. The molecule has 0 bridgehead atoms. The largest absolute Gasteiger partial charge is 0.314 e. The fraction of sp³-hybridized carbons (Fsp3) is 0.769. The standard InChI is InChI=1S/C13H25N3/c1-6-14-11(3)10-13(4,5)12-8-9-15-16(12)7-2/h8-9,11,14H,6-7,10H2,1-5H3. The predicted octanol–water partition coefficient (Wildman–Crippen LogP) is 2.57. The van der Waals surface area contributed by atoms with Gasteiger partial charge in [0.1, 0.15) is 0 Å². The first-order chi connectivity index (χ1) is 7.51. The molecule has 1 atom stereocenters. The molecule has 3 heteroatoms. The zero-order valence-corrected chi connectivity index (χ0v) is 11.2. The maximum Gasteiger partial charge on any atom is 0.0492 e. The second-order valence-corrected chi connectivity index (χ2v) is 5.08. The molecule has 0 spiro atoms. The molecule has 92 valence electrons. The van der Waals surface area contributed by atoms with Gasteiger partial charge < -0.3 is 5.32 Å². The maximum absolute atomic E-state index is 4.35. The van der Waals surface area contributed by atoms with Crippen LogP contribution in [0.15, 0.2) is 12.3 Å². The minimum atomic E-state index is 0.175. The zero-order chi connectivity index (χ0) is 12.2. The Morgan fingerprint density at radius 3 is 2.69 bits per heavy atom. The van der Waals surface area contributed by atoms with Crippen LogP contribution in [0.1, 0.15) is 46.7 Å². The molecule has 1 aromatic heterocycles. The molecule has 0 aliphatic rings. The Labute approximate surface area is 99.2 Å². The lowest BCUT2D eigenvalue weighted by molar-refractivity contribution is 0.369. The number of nitrogens with zero attached hydrogens (tertiary/aromatic N) is 2. The van der Waals surface area contributed by atoms with Crippen LogP contribution < -0.4 is 5.32 Å². The summed E-state index contributed by atoms with van der Waals surface area (Å²) in [5.41, 5.74) is 1.51. The predicted molar refractivity (Wildman–Crippen MR) is 68.7 cm³/mol. The van der Waals surface area contributed by atoms with E-state index in [4.69, 9.17) is 0 Å². The quantitative estimate of drug-likeness (QED) is 0.803. The van der Waals surface area contributed by atoms with Gasteiger partial charge in [0, 0.05) is 29.9 Å². The van der Waals surface area contributed by atoms with E-state index in [0.717, 1.165) is 19.5 Å². The van der Waals surface area contributed by atoms with Crippen molar-refractivity contribution in [2.75, 3.05) is 6.54 Å². The van der Waals surface area contributed by atoms with Crippen LogP contribution >= 0.6 is 0 Å². The lowest BCUT2D eigenvalue weighted by Gasteiger charge is -2.29. The van der Waals surface area contributed by atoms with E-state index in [0.29, 0.717) is 6.04 Å². The third kappa shape index (κ3) is 3.08. The highest BCUT2D eigenvalue weighted by molar-refractivity contribution is 5.14. The Hall–Kier alpha value is -0.830. The van der Waals surface area contributed by atoms with Crippen molar-refractivity contribution in [3.05, 3.63) is 18.0 Å². The molecule has 0 saturated carbocycles. The fourth-order valence-electron chi connectivity index (χ4n) is 2.45. The number of aryl methyl sites for hydroxylation is 1. The lowest BCUT2D eigenvalue weighted by atomic mass is 9.82. The van der Waals surface area contributed by atoms with Crippen LogP contribution in [0.2, 0.25) is 0 Å². The fourth-order valence-corrected chi connectivity index (χ4v) is 2.45. The van der Waals surface area contributed by atoms with Crippen LogP contribution in [0.3, 0.4) is 0 Å². The summed E-state index contributed by atoms with van der Waals surface area (Å²) in [7, 11) is 0. The van der Waals surface area contributed by atoms with E-state index < -0.39 is 0 Å². The Balaban J connectivity index is 2.76. The van der Waals surface area contributed by atoms with E-state index in [2.05, 4.69) is 55.8 Å². The van der Waals surface area contributed by atoms with Crippen LogP contribution in [-0.2, 0) is 12.0 Å². The molecular formula is C13H25N3. The highest BCUT2D eigenvalue weighted by atomic mass is 15.3. The first kappa shape index (κ1) is 13.2. The SMILES string of the molecule is CCNC(C)CC(C)(C)c1ccnn1CC. The topological polar surface area (TPSA) is 29.9 Å². The number of hydrogen-bond donors (Lipinski definition) is 1. The van der Waals surface area contributed by atoms with Gasteiger partial charge in [0.25, 0.3) is 0 Å². The summed E-state index contributed by atoms with van der Waals surface area (Å²) in [5.74, 6) is 0. The van der Waals surface area contributed by atoms with Gasteiger partial charge in [0.15, 0.2) is 0 Å². The Morgan fingerprint density at radius 2 is 2.12 bits per heavy atom. The average molecular weight is 223 g/mol. The van der Waals surface area contributed by atoms with E-state index in [1.165, 1.54) is 5.69 Å². The van der Waals surface area contributed by atoms with Crippen LogP contribution in [-0.4, -0.2) is 22.4 Å². The Bertz CT molecular complexity index is 315. The van der Waals surface area contributed by atoms with Crippen molar-refractivity contribution >= 4 is 0 Å².